The van der Waals surface area contributed by atoms with Gasteiger partial charge < -0.3 is 4.90 Å². The predicted octanol–water partition coefficient (Wildman–Crippen LogP) is 3.84. The number of hydrogen-bond donors (Lipinski definition) is 0. The number of anilines is 1. The maximum absolute atomic E-state index is 9.27. The van der Waals surface area contributed by atoms with Gasteiger partial charge in [0.2, 0.25) is 0 Å². The van der Waals surface area contributed by atoms with Crippen molar-refractivity contribution in [3.8, 4) is 12.1 Å². The van der Waals surface area contributed by atoms with Crippen LogP contribution in [0.15, 0.2) is 35.7 Å². The van der Waals surface area contributed by atoms with Crippen LogP contribution in [0.1, 0.15) is 19.4 Å². The number of rotatable bonds is 4. The number of nitriles is 2. The lowest BCUT2D eigenvalue weighted by molar-refractivity contribution is 0.866. The van der Waals surface area contributed by atoms with E-state index in [-0.39, 0.29) is 5.57 Å². The van der Waals surface area contributed by atoms with Crippen LogP contribution in [0.2, 0.25) is 0 Å². The van der Waals surface area contributed by atoms with E-state index >= 15 is 0 Å². The molecule has 3 aromatic rings. The van der Waals surface area contributed by atoms with Crippen LogP contribution in [0.5, 0.6) is 0 Å². The Morgan fingerprint density at radius 1 is 1.08 bits per heavy atom. The number of fused-ring (bicyclic) bond motifs is 1. The van der Waals surface area contributed by atoms with Gasteiger partial charge in [0.1, 0.15) is 17.7 Å². The molecule has 0 amide bonds. The number of nitrogens with zero attached hydrogens (tertiary/aromatic N) is 3. The minimum Gasteiger partial charge on any atom is -0.372 e. The minimum absolute atomic E-state index is 0.180. The summed E-state index contributed by atoms with van der Waals surface area (Å²) < 4.78 is 3.02. The first-order valence-electron chi connectivity index (χ1n) is 8.09. The fourth-order valence-electron chi connectivity index (χ4n) is 2.82. The van der Waals surface area contributed by atoms with Crippen LogP contribution in [0, 0.1) is 22.7 Å². The quantitative estimate of drug-likeness (QED) is 0.708. The summed E-state index contributed by atoms with van der Waals surface area (Å²) in [5.41, 5.74) is 2.45. The van der Waals surface area contributed by atoms with Gasteiger partial charge in [0, 0.05) is 28.7 Å². The van der Waals surface area contributed by atoms with Crippen molar-refractivity contribution in [1.29, 1.82) is 10.5 Å². The van der Waals surface area contributed by atoms with Gasteiger partial charge in [0.05, 0.1) is 9.23 Å². The summed E-state index contributed by atoms with van der Waals surface area (Å²) in [7, 11) is 0. The zero-order valence-corrected chi connectivity index (χ0v) is 15.7. The van der Waals surface area contributed by atoms with Crippen molar-refractivity contribution >= 4 is 49.4 Å². The molecule has 0 fully saturated rings. The zero-order chi connectivity index (χ0) is 17.8. The van der Waals surface area contributed by atoms with Crippen molar-refractivity contribution in [2.24, 2.45) is 0 Å². The molecule has 3 nitrogen and oxygen atoms in total. The zero-order valence-electron chi connectivity index (χ0n) is 14.1. The van der Waals surface area contributed by atoms with E-state index in [9.17, 15) is 10.5 Å². The lowest BCUT2D eigenvalue weighted by Gasteiger charge is -2.20. The molecule has 0 atom stereocenters. The minimum atomic E-state index is 0.180. The van der Waals surface area contributed by atoms with E-state index in [0.717, 1.165) is 37.8 Å². The van der Waals surface area contributed by atoms with Gasteiger partial charge in [-0.15, -0.1) is 22.7 Å². The third-order valence-corrected chi connectivity index (χ3v) is 6.38. The molecule has 0 radical (unpaired) electrons. The SMILES string of the molecule is CCN(CC)c1ccc(/C=c2/c(=C(C#N)C#N)sc3ccsc23)cc1. The molecule has 0 saturated heterocycles. The molecular formula is C20H17N3S2. The van der Waals surface area contributed by atoms with Gasteiger partial charge in [-0.05, 0) is 49.1 Å². The Kier molecular flexibility index (Phi) is 5.19. The highest BCUT2D eigenvalue weighted by molar-refractivity contribution is 7.25. The van der Waals surface area contributed by atoms with Gasteiger partial charge >= 0.3 is 0 Å². The van der Waals surface area contributed by atoms with E-state index in [0.29, 0.717) is 0 Å². The maximum Gasteiger partial charge on any atom is 0.147 e. The van der Waals surface area contributed by atoms with E-state index in [1.165, 1.54) is 17.0 Å². The molecule has 0 spiro atoms. The van der Waals surface area contributed by atoms with Crippen LogP contribution in [0.3, 0.4) is 0 Å². The van der Waals surface area contributed by atoms with Crippen LogP contribution in [0.4, 0.5) is 5.69 Å². The molecule has 124 valence electrons. The number of thiophene rings is 2. The second-order valence-electron chi connectivity index (χ2n) is 5.47. The molecule has 3 rings (SSSR count). The lowest BCUT2D eigenvalue weighted by atomic mass is 10.1. The van der Waals surface area contributed by atoms with E-state index in [4.69, 9.17) is 0 Å². The molecule has 2 aromatic heterocycles. The second kappa shape index (κ2) is 7.53. The van der Waals surface area contributed by atoms with Gasteiger partial charge in [-0.1, -0.05) is 12.1 Å². The van der Waals surface area contributed by atoms with Crippen LogP contribution in [0.25, 0.3) is 21.0 Å². The first-order valence-corrected chi connectivity index (χ1v) is 9.78. The molecular weight excluding hydrogens is 346 g/mol. The van der Waals surface area contributed by atoms with E-state index in [1.807, 2.05) is 23.6 Å². The highest BCUT2D eigenvalue weighted by atomic mass is 32.1. The average molecular weight is 364 g/mol. The van der Waals surface area contributed by atoms with E-state index in [1.54, 1.807) is 11.3 Å². The fraction of sp³-hybridized carbons (Fsp3) is 0.200. The van der Waals surface area contributed by atoms with Crippen LogP contribution >= 0.6 is 22.7 Å². The normalized spacial score (nSPS) is 11.3. The highest BCUT2D eigenvalue weighted by Crippen LogP contribution is 2.21. The summed E-state index contributed by atoms with van der Waals surface area (Å²) in [6.07, 6.45) is 2.07. The molecule has 0 unspecified atom stereocenters. The van der Waals surface area contributed by atoms with Gasteiger partial charge in [0.25, 0.3) is 0 Å². The van der Waals surface area contributed by atoms with Crippen molar-refractivity contribution in [2.75, 3.05) is 18.0 Å². The standard InChI is InChI=1S/C20H17N3S2/c1-3-23(4-2)16-7-5-14(6-8-16)11-17-19(15(12-21)13-22)25-18-9-10-24-20(17)18/h5-11H,3-4H2,1-2H3/b17-11-. The van der Waals surface area contributed by atoms with Crippen LogP contribution < -0.4 is 14.7 Å². The molecule has 0 N–H and O–H groups in total. The smallest absolute Gasteiger partial charge is 0.147 e. The third-order valence-electron chi connectivity index (χ3n) is 4.11. The van der Waals surface area contributed by atoms with Gasteiger partial charge in [-0.2, -0.15) is 10.5 Å². The summed E-state index contributed by atoms with van der Waals surface area (Å²) in [6, 6.07) is 14.5. The monoisotopic (exact) mass is 363 g/mol. The third kappa shape index (κ3) is 3.30. The van der Waals surface area contributed by atoms with Crippen LogP contribution in [-0.4, -0.2) is 13.1 Å². The van der Waals surface area contributed by atoms with Gasteiger partial charge in [0.15, 0.2) is 0 Å². The molecule has 5 heteroatoms. The van der Waals surface area contributed by atoms with Gasteiger partial charge in [-0.3, -0.25) is 0 Å². The van der Waals surface area contributed by atoms with Crippen molar-refractivity contribution in [1.82, 2.24) is 0 Å². The summed E-state index contributed by atoms with van der Waals surface area (Å²) in [5.74, 6) is 0. The summed E-state index contributed by atoms with van der Waals surface area (Å²) >= 11 is 3.16. The molecule has 0 saturated carbocycles. The second-order valence-corrected chi connectivity index (χ2v) is 7.43. The van der Waals surface area contributed by atoms with Crippen molar-refractivity contribution in [3.05, 3.63) is 51.0 Å². The summed E-state index contributed by atoms with van der Waals surface area (Å²) in [6.45, 7) is 6.26. The Balaban J connectivity index is 2.18. The van der Waals surface area contributed by atoms with E-state index in [2.05, 4.69) is 49.1 Å². The Hall–Kier alpha value is -2.60. The Labute approximate surface area is 155 Å². The average Bonchev–Trinajstić information content (AvgIpc) is 3.22. The van der Waals surface area contributed by atoms with Crippen molar-refractivity contribution in [2.45, 2.75) is 13.8 Å². The predicted molar refractivity (Wildman–Crippen MR) is 107 cm³/mol. The molecule has 0 aliphatic heterocycles. The number of benzene rings is 1. The molecule has 2 heterocycles. The Bertz CT molecular complexity index is 1070. The van der Waals surface area contributed by atoms with Gasteiger partial charge in [-0.25, -0.2) is 0 Å². The van der Waals surface area contributed by atoms with Crippen molar-refractivity contribution < 1.29 is 0 Å². The molecule has 1 aromatic carbocycles. The Morgan fingerprint density at radius 3 is 2.36 bits per heavy atom. The van der Waals surface area contributed by atoms with Crippen LogP contribution in [-0.2, 0) is 0 Å². The fourth-order valence-corrected chi connectivity index (χ4v) is 5.08. The number of hydrogen-bond acceptors (Lipinski definition) is 5. The largest absolute Gasteiger partial charge is 0.372 e. The molecule has 25 heavy (non-hydrogen) atoms. The molecule has 0 aliphatic carbocycles. The first-order chi connectivity index (χ1) is 12.2. The topological polar surface area (TPSA) is 50.8 Å². The van der Waals surface area contributed by atoms with Crippen molar-refractivity contribution in [3.63, 3.8) is 0 Å². The molecule has 0 aliphatic rings. The Morgan fingerprint density at radius 2 is 1.76 bits per heavy atom. The summed E-state index contributed by atoms with van der Waals surface area (Å²) in [5, 5.41) is 21.6. The van der Waals surface area contributed by atoms with E-state index < -0.39 is 0 Å². The first kappa shape index (κ1) is 17.2. The maximum atomic E-state index is 9.27. The molecule has 0 bridgehead atoms. The highest BCUT2D eigenvalue weighted by Gasteiger charge is 2.07. The lowest BCUT2D eigenvalue weighted by Crippen LogP contribution is -2.22. The summed E-state index contributed by atoms with van der Waals surface area (Å²) in [4.78, 5) is 2.30.